The molecule has 0 fully saturated rings. The average molecular weight is 435 g/mol. The molecule has 2 aromatic carbocycles. The van der Waals surface area contributed by atoms with Gasteiger partial charge in [0.2, 0.25) is 0 Å². The summed E-state index contributed by atoms with van der Waals surface area (Å²) in [5.74, 6) is -1.86. The first-order valence-electron chi connectivity index (χ1n) is 10.6. The van der Waals surface area contributed by atoms with Crippen molar-refractivity contribution in [1.29, 1.82) is 0 Å². The molecule has 0 spiro atoms. The van der Waals surface area contributed by atoms with Gasteiger partial charge in [-0.15, -0.1) is 0 Å². The predicted molar refractivity (Wildman–Crippen MR) is 123 cm³/mol. The monoisotopic (exact) mass is 434 g/mol. The Morgan fingerprint density at radius 2 is 0.871 bits per heavy atom. The molecule has 5 heteroatoms. The minimum absolute atomic E-state index is 0. The van der Waals surface area contributed by atoms with Gasteiger partial charge < -0.3 is 19.8 Å². The third-order valence-corrected chi connectivity index (χ3v) is 4.95. The quantitative estimate of drug-likeness (QED) is 0.598. The van der Waals surface area contributed by atoms with E-state index in [2.05, 4.69) is 27.7 Å². The molecular weight excluding hydrogens is 401 g/mol. The molecule has 0 aliphatic heterocycles. The van der Waals surface area contributed by atoms with E-state index in [9.17, 15) is 19.8 Å². The molecule has 2 atom stereocenters. The Labute approximate surface area is 203 Å². The molecule has 31 heavy (non-hydrogen) atoms. The van der Waals surface area contributed by atoms with Crippen molar-refractivity contribution in [3.8, 4) is 0 Å². The zero-order valence-corrected chi connectivity index (χ0v) is 21.1. The van der Waals surface area contributed by atoms with Crippen LogP contribution in [-0.2, 0) is 22.4 Å². The van der Waals surface area contributed by atoms with Gasteiger partial charge in [-0.1, -0.05) is 90.1 Å². The van der Waals surface area contributed by atoms with Gasteiger partial charge in [0.25, 0.3) is 0 Å². The maximum absolute atomic E-state index is 10.7. The van der Waals surface area contributed by atoms with E-state index in [1.807, 2.05) is 48.5 Å². The fourth-order valence-corrected chi connectivity index (χ4v) is 3.10. The molecule has 0 saturated carbocycles. The van der Waals surface area contributed by atoms with Crippen LogP contribution in [0.3, 0.4) is 0 Å². The maximum atomic E-state index is 10.7. The zero-order valence-electron chi connectivity index (χ0n) is 19.7. The van der Waals surface area contributed by atoms with Crippen molar-refractivity contribution in [2.24, 2.45) is 11.8 Å². The molecular formula is C26H34MgO4. The maximum Gasteiger partial charge on any atom is 2.00 e. The van der Waals surface area contributed by atoms with E-state index in [1.54, 1.807) is 13.8 Å². The van der Waals surface area contributed by atoms with Crippen LogP contribution < -0.4 is 10.2 Å². The van der Waals surface area contributed by atoms with Crippen LogP contribution in [0, 0.1) is 11.8 Å². The number of carboxylic acid groups (broad SMARTS) is 2. The summed E-state index contributed by atoms with van der Waals surface area (Å²) in [7, 11) is 0. The summed E-state index contributed by atoms with van der Waals surface area (Å²) >= 11 is 0. The smallest absolute Gasteiger partial charge is 0.550 e. The van der Waals surface area contributed by atoms with Crippen LogP contribution in [0.5, 0.6) is 0 Å². The molecule has 2 rings (SSSR count). The summed E-state index contributed by atoms with van der Waals surface area (Å²) in [5, 5.41) is 21.3. The van der Waals surface area contributed by atoms with Crippen molar-refractivity contribution in [1.82, 2.24) is 0 Å². The number of aliphatic carboxylic acids is 2. The van der Waals surface area contributed by atoms with Crippen molar-refractivity contribution in [3.05, 3.63) is 70.8 Å². The molecule has 0 heterocycles. The SMILES string of the molecule is CC(C)Cc1ccc(C(C)C(=O)[O-])cc1.CC(C)Cc1ccc(C(C)C(=O)[O-])cc1.[Mg+2]. The fourth-order valence-electron chi connectivity index (χ4n) is 3.10. The van der Waals surface area contributed by atoms with Crippen molar-refractivity contribution in [3.63, 3.8) is 0 Å². The van der Waals surface area contributed by atoms with Crippen molar-refractivity contribution >= 4 is 35.0 Å². The summed E-state index contributed by atoms with van der Waals surface area (Å²) in [6.45, 7) is 11.9. The molecule has 0 aliphatic rings. The largest absolute Gasteiger partial charge is 2.00 e. The van der Waals surface area contributed by atoms with Gasteiger partial charge >= 0.3 is 23.1 Å². The van der Waals surface area contributed by atoms with E-state index in [1.165, 1.54) is 11.1 Å². The second-order valence-electron chi connectivity index (χ2n) is 8.76. The van der Waals surface area contributed by atoms with Gasteiger partial charge in [0.1, 0.15) is 0 Å². The third-order valence-electron chi connectivity index (χ3n) is 4.95. The van der Waals surface area contributed by atoms with Crippen molar-refractivity contribution in [2.75, 3.05) is 0 Å². The zero-order chi connectivity index (χ0) is 22.8. The number of carboxylic acids is 2. The van der Waals surface area contributed by atoms with Crippen LogP contribution in [0.4, 0.5) is 0 Å². The van der Waals surface area contributed by atoms with Crippen LogP contribution in [-0.4, -0.2) is 35.0 Å². The second kappa shape index (κ2) is 14.3. The van der Waals surface area contributed by atoms with Gasteiger partial charge in [-0.05, 0) is 46.9 Å². The van der Waals surface area contributed by atoms with Gasteiger partial charge in [0.05, 0.1) is 0 Å². The molecule has 0 aliphatic carbocycles. The Bertz CT molecular complexity index is 726. The molecule has 2 unspecified atom stereocenters. The van der Waals surface area contributed by atoms with E-state index in [0.29, 0.717) is 11.8 Å². The Hall–Kier alpha value is -1.85. The van der Waals surface area contributed by atoms with Gasteiger partial charge in [-0.2, -0.15) is 0 Å². The first kappa shape index (κ1) is 29.1. The number of hydrogen-bond acceptors (Lipinski definition) is 4. The van der Waals surface area contributed by atoms with Crippen LogP contribution in [0.25, 0.3) is 0 Å². The minimum Gasteiger partial charge on any atom is -0.550 e. The topological polar surface area (TPSA) is 80.3 Å². The Kier molecular flexibility index (Phi) is 13.4. The Morgan fingerprint density at radius 3 is 1.06 bits per heavy atom. The molecule has 0 bridgehead atoms. The summed E-state index contributed by atoms with van der Waals surface area (Å²) in [6.07, 6.45) is 2.06. The fraction of sp³-hybridized carbons (Fsp3) is 0.462. The number of hydrogen-bond donors (Lipinski definition) is 0. The summed E-state index contributed by atoms with van der Waals surface area (Å²) in [4.78, 5) is 21.3. The molecule has 0 amide bonds. The van der Waals surface area contributed by atoms with Crippen LogP contribution >= 0.6 is 0 Å². The van der Waals surface area contributed by atoms with E-state index in [4.69, 9.17) is 0 Å². The molecule has 0 radical (unpaired) electrons. The van der Waals surface area contributed by atoms with Gasteiger partial charge in [-0.25, -0.2) is 0 Å². The summed E-state index contributed by atoms with van der Waals surface area (Å²) in [5.41, 5.74) is 4.11. The Balaban J connectivity index is 0.000000562. The normalized spacial score (nSPS) is 12.4. The number of carbonyl (C=O) groups is 2. The van der Waals surface area contributed by atoms with Gasteiger partial charge in [0, 0.05) is 23.8 Å². The minimum atomic E-state index is -1.02. The number of rotatable bonds is 8. The van der Waals surface area contributed by atoms with Gasteiger partial charge in [0.15, 0.2) is 0 Å². The van der Waals surface area contributed by atoms with Crippen LogP contribution in [0.2, 0.25) is 0 Å². The third kappa shape index (κ3) is 10.8. The van der Waals surface area contributed by atoms with Crippen LogP contribution in [0.1, 0.15) is 75.6 Å². The van der Waals surface area contributed by atoms with E-state index < -0.39 is 23.8 Å². The average Bonchev–Trinajstić information content (AvgIpc) is 2.67. The summed E-state index contributed by atoms with van der Waals surface area (Å²) in [6, 6.07) is 15.5. The molecule has 164 valence electrons. The first-order chi connectivity index (χ1) is 14.0. The summed E-state index contributed by atoms with van der Waals surface area (Å²) < 4.78 is 0. The van der Waals surface area contributed by atoms with E-state index >= 15 is 0 Å². The Morgan fingerprint density at radius 1 is 0.613 bits per heavy atom. The first-order valence-corrected chi connectivity index (χ1v) is 10.6. The van der Waals surface area contributed by atoms with Crippen molar-refractivity contribution < 1.29 is 19.8 Å². The van der Waals surface area contributed by atoms with Crippen LogP contribution in [0.15, 0.2) is 48.5 Å². The van der Waals surface area contributed by atoms with Crippen molar-refractivity contribution in [2.45, 2.75) is 66.2 Å². The van der Waals surface area contributed by atoms with E-state index in [0.717, 1.165) is 24.0 Å². The molecule has 0 aromatic heterocycles. The predicted octanol–water partition coefficient (Wildman–Crippen LogP) is 3.10. The molecule has 2 aromatic rings. The molecule has 4 nitrogen and oxygen atoms in total. The number of benzene rings is 2. The molecule has 0 N–H and O–H groups in total. The van der Waals surface area contributed by atoms with E-state index in [-0.39, 0.29) is 23.1 Å². The second-order valence-corrected chi connectivity index (χ2v) is 8.76. The number of carbonyl (C=O) groups excluding carboxylic acids is 2. The standard InChI is InChI=1S/2C13H18O2.Mg/c2*1-9(2)8-11-4-6-12(7-5-11)10(3)13(14)15;/h2*4-7,9-10H,8H2,1-3H3,(H,14,15);/q;;+2/p-2. The van der Waals surface area contributed by atoms with Gasteiger partial charge in [-0.3, -0.25) is 0 Å². The molecule has 0 saturated heterocycles.